The Kier molecular flexibility index (Phi) is 1.18. The summed E-state index contributed by atoms with van der Waals surface area (Å²) in [4.78, 5) is 11.6. The molecule has 0 aromatic heterocycles. The van der Waals surface area contributed by atoms with E-state index in [1.807, 2.05) is 0 Å². The quantitative estimate of drug-likeness (QED) is 0.576. The molecule has 3 fully saturated rings. The number of hydrogen-bond donors (Lipinski definition) is 1. The van der Waals surface area contributed by atoms with Crippen LogP contribution in [0.4, 0.5) is 0 Å². The standard InChI is InChI=1S/C10H15NO/c12-9-10(3-4-11-9)2-1-7-5-8(7)6-10/h7-8H,1-6H2,(H,11,12). The van der Waals surface area contributed by atoms with E-state index in [0.29, 0.717) is 5.91 Å². The first-order valence-electron chi connectivity index (χ1n) is 5.08. The highest BCUT2D eigenvalue weighted by Gasteiger charge is 2.53. The Morgan fingerprint density at radius 2 is 2.25 bits per heavy atom. The molecule has 0 aromatic carbocycles. The molecule has 66 valence electrons. The highest BCUT2D eigenvalue weighted by atomic mass is 16.2. The van der Waals surface area contributed by atoms with Crippen molar-refractivity contribution in [1.82, 2.24) is 5.32 Å². The van der Waals surface area contributed by atoms with Crippen molar-refractivity contribution in [3.05, 3.63) is 0 Å². The zero-order valence-electron chi connectivity index (χ0n) is 7.31. The average molecular weight is 165 g/mol. The monoisotopic (exact) mass is 165 g/mol. The highest BCUT2D eigenvalue weighted by molar-refractivity contribution is 5.84. The minimum atomic E-state index is 0.0949. The molecule has 0 aromatic rings. The first kappa shape index (κ1) is 6.93. The summed E-state index contributed by atoms with van der Waals surface area (Å²) >= 11 is 0. The zero-order valence-corrected chi connectivity index (χ0v) is 7.31. The van der Waals surface area contributed by atoms with Crippen molar-refractivity contribution in [2.75, 3.05) is 6.54 Å². The van der Waals surface area contributed by atoms with Gasteiger partial charge in [-0.1, -0.05) is 0 Å². The number of amides is 1. The maximum absolute atomic E-state index is 11.6. The molecule has 0 radical (unpaired) electrons. The lowest BCUT2D eigenvalue weighted by Gasteiger charge is -2.29. The first-order chi connectivity index (χ1) is 5.80. The number of carbonyl (C=O) groups is 1. The minimum Gasteiger partial charge on any atom is -0.356 e. The second kappa shape index (κ2) is 2.04. The molecule has 3 rings (SSSR count). The van der Waals surface area contributed by atoms with Crippen molar-refractivity contribution in [2.24, 2.45) is 17.3 Å². The van der Waals surface area contributed by atoms with Gasteiger partial charge in [0.1, 0.15) is 0 Å². The van der Waals surface area contributed by atoms with Gasteiger partial charge in [0.15, 0.2) is 0 Å². The number of fused-ring (bicyclic) bond motifs is 1. The molecule has 2 aliphatic carbocycles. The molecule has 1 spiro atoms. The fourth-order valence-corrected chi connectivity index (χ4v) is 3.13. The minimum absolute atomic E-state index is 0.0949. The molecule has 1 N–H and O–H groups in total. The van der Waals surface area contributed by atoms with Gasteiger partial charge in [0.2, 0.25) is 5.91 Å². The molecule has 3 unspecified atom stereocenters. The largest absolute Gasteiger partial charge is 0.356 e. The van der Waals surface area contributed by atoms with Crippen molar-refractivity contribution in [2.45, 2.75) is 32.1 Å². The predicted molar refractivity (Wildman–Crippen MR) is 45.5 cm³/mol. The van der Waals surface area contributed by atoms with Gasteiger partial charge in [-0.05, 0) is 43.9 Å². The van der Waals surface area contributed by atoms with E-state index >= 15 is 0 Å². The van der Waals surface area contributed by atoms with Crippen LogP contribution in [0.3, 0.4) is 0 Å². The highest BCUT2D eigenvalue weighted by Crippen LogP contribution is 2.57. The second-order valence-corrected chi connectivity index (χ2v) is 4.78. The molecule has 3 aliphatic rings. The molecule has 1 heterocycles. The van der Waals surface area contributed by atoms with Crippen molar-refractivity contribution < 1.29 is 4.79 Å². The van der Waals surface area contributed by atoms with Gasteiger partial charge in [-0.3, -0.25) is 4.79 Å². The van der Waals surface area contributed by atoms with Gasteiger partial charge in [0, 0.05) is 6.54 Å². The van der Waals surface area contributed by atoms with Crippen LogP contribution >= 0.6 is 0 Å². The first-order valence-corrected chi connectivity index (χ1v) is 5.08. The van der Waals surface area contributed by atoms with E-state index in [4.69, 9.17) is 0 Å². The lowest BCUT2D eigenvalue weighted by molar-refractivity contribution is -0.129. The maximum atomic E-state index is 11.6. The molecular formula is C10H15NO. The zero-order chi connectivity index (χ0) is 8.18. The van der Waals surface area contributed by atoms with E-state index in [0.717, 1.165) is 24.8 Å². The fourth-order valence-electron chi connectivity index (χ4n) is 3.13. The molecule has 1 aliphatic heterocycles. The topological polar surface area (TPSA) is 29.1 Å². The Bertz CT molecular complexity index is 238. The van der Waals surface area contributed by atoms with Crippen molar-refractivity contribution in [3.8, 4) is 0 Å². The van der Waals surface area contributed by atoms with E-state index in [9.17, 15) is 4.79 Å². The summed E-state index contributed by atoms with van der Waals surface area (Å²) in [6, 6.07) is 0. The van der Waals surface area contributed by atoms with E-state index in [2.05, 4.69) is 5.32 Å². The van der Waals surface area contributed by atoms with Gasteiger partial charge in [-0.2, -0.15) is 0 Å². The van der Waals surface area contributed by atoms with E-state index in [-0.39, 0.29) is 5.41 Å². The second-order valence-electron chi connectivity index (χ2n) is 4.78. The SMILES string of the molecule is O=C1NCCC12CCC1CC1C2. The Morgan fingerprint density at radius 3 is 2.92 bits per heavy atom. The molecule has 0 bridgehead atoms. The molecule has 1 saturated heterocycles. The summed E-state index contributed by atoms with van der Waals surface area (Å²) in [7, 11) is 0. The van der Waals surface area contributed by atoms with Gasteiger partial charge >= 0.3 is 0 Å². The summed E-state index contributed by atoms with van der Waals surface area (Å²) in [5, 5.41) is 2.98. The van der Waals surface area contributed by atoms with Gasteiger partial charge < -0.3 is 5.32 Å². The average Bonchev–Trinajstić information content (AvgIpc) is 2.73. The fraction of sp³-hybridized carbons (Fsp3) is 0.900. The molecule has 3 atom stereocenters. The van der Waals surface area contributed by atoms with Crippen molar-refractivity contribution >= 4 is 5.91 Å². The van der Waals surface area contributed by atoms with Crippen LogP contribution in [-0.4, -0.2) is 12.5 Å². The summed E-state index contributed by atoms with van der Waals surface area (Å²) in [5.74, 6) is 2.28. The maximum Gasteiger partial charge on any atom is 0.226 e. The lowest BCUT2D eigenvalue weighted by atomic mass is 9.73. The Morgan fingerprint density at radius 1 is 1.33 bits per heavy atom. The third-order valence-corrected chi connectivity index (χ3v) is 4.09. The summed E-state index contributed by atoms with van der Waals surface area (Å²) in [5.41, 5.74) is 0.0949. The number of carbonyl (C=O) groups excluding carboxylic acids is 1. The van der Waals surface area contributed by atoms with Gasteiger partial charge in [-0.25, -0.2) is 0 Å². The normalized spacial score (nSPS) is 50.5. The number of rotatable bonds is 0. The summed E-state index contributed by atoms with van der Waals surface area (Å²) in [6.45, 7) is 0.927. The molecule has 2 saturated carbocycles. The molecule has 2 heteroatoms. The van der Waals surface area contributed by atoms with Crippen LogP contribution in [0.2, 0.25) is 0 Å². The Hall–Kier alpha value is -0.530. The van der Waals surface area contributed by atoms with Crippen LogP contribution in [0.1, 0.15) is 32.1 Å². The van der Waals surface area contributed by atoms with E-state index in [1.54, 1.807) is 0 Å². The third kappa shape index (κ3) is 0.782. The van der Waals surface area contributed by atoms with Crippen LogP contribution in [0.25, 0.3) is 0 Å². The smallest absolute Gasteiger partial charge is 0.226 e. The van der Waals surface area contributed by atoms with Gasteiger partial charge in [-0.15, -0.1) is 0 Å². The van der Waals surface area contributed by atoms with Crippen molar-refractivity contribution in [1.29, 1.82) is 0 Å². The number of hydrogen-bond acceptors (Lipinski definition) is 1. The summed E-state index contributed by atoms with van der Waals surface area (Å²) in [6.07, 6.45) is 6.20. The van der Waals surface area contributed by atoms with E-state index in [1.165, 1.54) is 25.7 Å². The Labute approximate surface area is 72.7 Å². The van der Waals surface area contributed by atoms with Crippen LogP contribution in [0.5, 0.6) is 0 Å². The lowest BCUT2D eigenvalue weighted by Crippen LogP contribution is -2.33. The Balaban J connectivity index is 1.84. The molecular weight excluding hydrogens is 150 g/mol. The van der Waals surface area contributed by atoms with Crippen LogP contribution < -0.4 is 5.32 Å². The third-order valence-electron chi connectivity index (χ3n) is 4.09. The molecule has 12 heavy (non-hydrogen) atoms. The predicted octanol–water partition coefficient (Wildman–Crippen LogP) is 1.31. The van der Waals surface area contributed by atoms with Gasteiger partial charge in [0.05, 0.1) is 5.41 Å². The molecule has 2 nitrogen and oxygen atoms in total. The van der Waals surface area contributed by atoms with E-state index < -0.39 is 0 Å². The van der Waals surface area contributed by atoms with Crippen LogP contribution in [0, 0.1) is 17.3 Å². The van der Waals surface area contributed by atoms with Crippen LogP contribution in [0.15, 0.2) is 0 Å². The van der Waals surface area contributed by atoms with Gasteiger partial charge in [0.25, 0.3) is 0 Å². The van der Waals surface area contributed by atoms with Crippen molar-refractivity contribution in [3.63, 3.8) is 0 Å². The van der Waals surface area contributed by atoms with Crippen LogP contribution in [-0.2, 0) is 4.79 Å². The number of nitrogens with one attached hydrogen (secondary N) is 1. The summed E-state index contributed by atoms with van der Waals surface area (Å²) < 4.78 is 0. The molecule has 1 amide bonds.